The second-order valence-electron chi connectivity index (χ2n) is 11.2. The number of para-hydroxylation sites is 2. The number of carbonyl (C=O) groups is 1. The molecular weight excluding hydrogens is 553 g/mol. The SMILES string of the molecule is CCN1C(=CC2=C(O)C(C=C3Sc4ccccc4N3CC)C2NCCCNC(=O)OC(C)(C)C)Sc2ccccc21. The quantitative estimate of drug-likeness (QED) is 0.263. The first-order chi connectivity index (χ1) is 19.7. The number of nitrogens with zero attached hydrogens (tertiary/aromatic N) is 2. The van der Waals surface area contributed by atoms with Crippen LogP contribution in [0.4, 0.5) is 16.2 Å². The lowest BCUT2D eigenvalue weighted by atomic mass is 9.78. The number of anilines is 2. The molecule has 218 valence electrons. The highest BCUT2D eigenvalue weighted by Gasteiger charge is 2.40. The average molecular weight is 593 g/mol. The maximum atomic E-state index is 12.0. The minimum Gasteiger partial charge on any atom is -0.511 e. The van der Waals surface area contributed by atoms with Gasteiger partial charge in [0.1, 0.15) is 11.4 Å². The third-order valence-electron chi connectivity index (χ3n) is 7.20. The molecule has 41 heavy (non-hydrogen) atoms. The molecule has 7 nitrogen and oxygen atoms in total. The summed E-state index contributed by atoms with van der Waals surface area (Å²) in [6.07, 6.45) is 4.69. The lowest BCUT2D eigenvalue weighted by Crippen LogP contribution is -2.47. The highest BCUT2D eigenvalue weighted by Crippen LogP contribution is 2.50. The Morgan fingerprint density at radius 2 is 1.54 bits per heavy atom. The molecule has 2 unspecified atom stereocenters. The van der Waals surface area contributed by atoms with Crippen LogP contribution in [-0.4, -0.2) is 49.0 Å². The van der Waals surface area contributed by atoms with E-state index >= 15 is 0 Å². The van der Waals surface area contributed by atoms with Gasteiger partial charge in [0, 0.05) is 41.0 Å². The molecular formula is C32H40N4O3S2. The summed E-state index contributed by atoms with van der Waals surface area (Å²) in [4.78, 5) is 19.1. The summed E-state index contributed by atoms with van der Waals surface area (Å²) >= 11 is 3.50. The van der Waals surface area contributed by atoms with Gasteiger partial charge in [0.05, 0.1) is 27.4 Å². The van der Waals surface area contributed by atoms with E-state index in [1.165, 1.54) is 21.2 Å². The summed E-state index contributed by atoms with van der Waals surface area (Å²) in [7, 11) is 0. The van der Waals surface area contributed by atoms with Crippen LogP contribution in [0, 0.1) is 5.92 Å². The molecule has 2 aromatic carbocycles. The topological polar surface area (TPSA) is 77.1 Å². The van der Waals surface area contributed by atoms with E-state index in [0.29, 0.717) is 18.8 Å². The number of hydrogen-bond donors (Lipinski definition) is 3. The number of thioether (sulfide) groups is 2. The predicted molar refractivity (Wildman–Crippen MR) is 171 cm³/mol. The molecule has 9 heteroatoms. The van der Waals surface area contributed by atoms with Crippen molar-refractivity contribution < 1.29 is 14.6 Å². The van der Waals surface area contributed by atoms with E-state index in [4.69, 9.17) is 4.74 Å². The molecule has 0 radical (unpaired) electrons. The van der Waals surface area contributed by atoms with Crippen LogP contribution in [0.3, 0.4) is 0 Å². The van der Waals surface area contributed by atoms with E-state index in [-0.39, 0.29) is 12.0 Å². The van der Waals surface area contributed by atoms with Crippen LogP contribution in [0.15, 0.2) is 91.9 Å². The van der Waals surface area contributed by atoms with Crippen molar-refractivity contribution >= 4 is 41.0 Å². The van der Waals surface area contributed by atoms with E-state index in [9.17, 15) is 9.90 Å². The zero-order valence-corrected chi connectivity index (χ0v) is 26.1. The first-order valence-corrected chi connectivity index (χ1v) is 16.0. The van der Waals surface area contributed by atoms with Gasteiger partial charge in [0.2, 0.25) is 0 Å². The Bertz CT molecular complexity index is 1380. The van der Waals surface area contributed by atoms with E-state index in [1.807, 2.05) is 20.8 Å². The van der Waals surface area contributed by atoms with Gasteiger partial charge in [-0.2, -0.15) is 0 Å². The average Bonchev–Trinajstić information content (AvgIpc) is 3.48. The van der Waals surface area contributed by atoms with E-state index in [1.54, 1.807) is 23.5 Å². The fourth-order valence-corrected chi connectivity index (χ4v) is 7.69. The van der Waals surface area contributed by atoms with Crippen molar-refractivity contribution in [3.8, 4) is 0 Å². The molecule has 2 aromatic rings. The first kappa shape index (κ1) is 29.5. The second-order valence-corrected chi connectivity index (χ2v) is 13.3. The Labute approximate surface area is 252 Å². The first-order valence-electron chi connectivity index (χ1n) is 14.4. The minimum absolute atomic E-state index is 0.0393. The number of fused-ring (bicyclic) bond motifs is 2. The minimum atomic E-state index is -0.520. The number of aliphatic hydroxyl groups excluding tert-OH is 1. The summed E-state index contributed by atoms with van der Waals surface area (Å²) in [5.41, 5.74) is 2.83. The van der Waals surface area contributed by atoms with Gasteiger partial charge in [-0.25, -0.2) is 4.79 Å². The molecule has 2 aliphatic heterocycles. The third kappa shape index (κ3) is 6.42. The second kappa shape index (κ2) is 12.5. The van der Waals surface area contributed by atoms with Crippen LogP contribution in [-0.2, 0) is 4.74 Å². The van der Waals surface area contributed by atoms with Crippen LogP contribution in [0.2, 0.25) is 0 Å². The zero-order chi connectivity index (χ0) is 29.1. The number of rotatable bonds is 9. The molecule has 0 bridgehead atoms. The summed E-state index contributed by atoms with van der Waals surface area (Å²) in [5, 5.41) is 20.2. The maximum Gasteiger partial charge on any atom is 0.407 e. The Balaban J connectivity index is 1.34. The fraction of sp³-hybridized carbons (Fsp3) is 0.406. The number of aliphatic hydroxyl groups is 1. The normalized spacial score (nSPS) is 21.8. The smallest absolute Gasteiger partial charge is 0.407 e. The van der Waals surface area contributed by atoms with E-state index < -0.39 is 11.7 Å². The lowest BCUT2D eigenvalue weighted by molar-refractivity contribution is 0.0527. The Kier molecular flexibility index (Phi) is 8.97. The number of benzene rings is 2. The molecule has 2 heterocycles. The lowest BCUT2D eigenvalue weighted by Gasteiger charge is -2.38. The Morgan fingerprint density at radius 3 is 2.15 bits per heavy atom. The largest absolute Gasteiger partial charge is 0.511 e. The highest BCUT2D eigenvalue weighted by molar-refractivity contribution is 8.04. The van der Waals surface area contributed by atoms with Gasteiger partial charge < -0.3 is 30.3 Å². The van der Waals surface area contributed by atoms with Crippen LogP contribution in [0.1, 0.15) is 41.0 Å². The zero-order valence-electron chi connectivity index (χ0n) is 24.4. The van der Waals surface area contributed by atoms with Gasteiger partial charge in [0.15, 0.2) is 0 Å². The Morgan fingerprint density at radius 1 is 0.951 bits per heavy atom. The van der Waals surface area contributed by atoms with Crippen LogP contribution in [0.25, 0.3) is 0 Å². The number of alkyl carbamates (subject to hydrolysis) is 1. The molecule has 2 atom stereocenters. The highest BCUT2D eigenvalue weighted by atomic mass is 32.2. The van der Waals surface area contributed by atoms with Crippen molar-refractivity contribution in [2.75, 3.05) is 36.0 Å². The number of ether oxygens (including phenoxy) is 1. The van der Waals surface area contributed by atoms with Gasteiger partial charge >= 0.3 is 6.09 Å². The summed E-state index contributed by atoms with van der Waals surface area (Å²) in [5.74, 6) is 0.269. The summed E-state index contributed by atoms with van der Waals surface area (Å²) < 4.78 is 5.35. The number of amides is 1. The number of carbonyl (C=O) groups excluding carboxylic acids is 1. The van der Waals surface area contributed by atoms with Crippen molar-refractivity contribution in [1.82, 2.24) is 10.6 Å². The van der Waals surface area contributed by atoms with E-state index in [0.717, 1.165) is 35.1 Å². The molecule has 0 fully saturated rings. The van der Waals surface area contributed by atoms with Gasteiger partial charge in [-0.05, 0) is 84.0 Å². The molecule has 0 saturated carbocycles. The standard InChI is InChI=1S/C32H40N4O3S2/c1-6-35-23-13-8-10-15-25(23)40-27(35)19-21-29(33-17-12-18-34-31(38)39-32(3,4)5)22(30(21)37)20-28-36(7-2)24-14-9-11-16-26(24)41-28/h8-11,13-16,19-21,29,33,37H,6-7,12,17-18H2,1-5H3,(H,34,38). The molecule has 0 aromatic heterocycles. The van der Waals surface area contributed by atoms with Crippen LogP contribution in [0.5, 0.6) is 0 Å². The van der Waals surface area contributed by atoms with Gasteiger partial charge in [-0.1, -0.05) is 47.8 Å². The molecule has 0 spiro atoms. The fourth-order valence-electron chi connectivity index (χ4n) is 5.31. The maximum absolute atomic E-state index is 12.0. The van der Waals surface area contributed by atoms with Gasteiger partial charge in [-0.3, -0.25) is 0 Å². The molecule has 1 aliphatic carbocycles. The van der Waals surface area contributed by atoms with Crippen molar-refractivity contribution in [3.63, 3.8) is 0 Å². The summed E-state index contributed by atoms with van der Waals surface area (Å²) in [6.45, 7) is 12.8. The number of hydrogen-bond acceptors (Lipinski definition) is 8. The van der Waals surface area contributed by atoms with Gasteiger partial charge in [0.25, 0.3) is 0 Å². The predicted octanol–water partition coefficient (Wildman–Crippen LogP) is 7.25. The van der Waals surface area contributed by atoms with Crippen molar-refractivity contribution in [1.29, 1.82) is 0 Å². The number of nitrogens with one attached hydrogen (secondary N) is 2. The van der Waals surface area contributed by atoms with Crippen molar-refractivity contribution in [2.45, 2.75) is 62.5 Å². The molecule has 1 amide bonds. The third-order valence-corrected chi connectivity index (χ3v) is 9.44. The molecule has 3 N–H and O–H groups in total. The molecule has 5 rings (SSSR count). The van der Waals surface area contributed by atoms with E-state index in [2.05, 4.69) is 95.0 Å². The van der Waals surface area contributed by atoms with Gasteiger partial charge in [-0.15, -0.1) is 0 Å². The van der Waals surface area contributed by atoms with Crippen LogP contribution >= 0.6 is 23.5 Å². The molecule has 3 aliphatic rings. The van der Waals surface area contributed by atoms with Crippen molar-refractivity contribution in [3.05, 3.63) is 82.1 Å². The Hall–Kier alpha value is -3.01. The van der Waals surface area contributed by atoms with Crippen LogP contribution < -0.4 is 20.4 Å². The monoisotopic (exact) mass is 592 g/mol. The summed E-state index contributed by atoms with van der Waals surface area (Å²) in [6, 6.07) is 16.8. The van der Waals surface area contributed by atoms with Crippen molar-refractivity contribution in [2.24, 2.45) is 5.92 Å². The molecule has 0 saturated heterocycles.